The molecule has 1 heterocycles. The summed E-state index contributed by atoms with van der Waals surface area (Å²) in [5.41, 5.74) is 2.06. The van der Waals surface area contributed by atoms with Crippen LogP contribution in [0.2, 0.25) is 16.1 Å². The molecule has 1 fully saturated rings. The van der Waals surface area contributed by atoms with E-state index in [2.05, 4.69) is 6.92 Å². The van der Waals surface area contributed by atoms with Gasteiger partial charge in [0.15, 0.2) is 0 Å². The summed E-state index contributed by atoms with van der Waals surface area (Å²) in [7, 11) is -2.57. The normalized spacial score (nSPS) is 14.5. The number of hydrogen-bond acceptors (Lipinski definition) is 7. The third-order valence-electron chi connectivity index (χ3n) is 7.60. The second-order valence-corrected chi connectivity index (χ2v) is 14.4. The summed E-state index contributed by atoms with van der Waals surface area (Å²) in [6, 6.07) is 12.5. The molecule has 3 rings (SSSR count). The molecular formula is C33H50Cl2O7Si. The first-order valence-electron chi connectivity index (χ1n) is 15.8. The molecule has 7 nitrogen and oxygen atoms in total. The maximum Gasteiger partial charge on any atom is 0.501 e. The van der Waals surface area contributed by atoms with Crippen LogP contribution in [-0.4, -0.2) is 68.3 Å². The van der Waals surface area contributed by atoms with Gasteiger partial charge in [-0.15, -0.1) is 0 Å². The maximum absolute atomic E-state index is 6.56. The summed E-state index contributed by atoms with van der Waals surface area (Å²) in [5.74, 6) is 1.38. The summed E-state index contributed by atoms with van der Waals surface area (Å²) in [5, 5.41) is 1.17. The van der Waals surface area contributed by atoms with Crippen molar-refractivity contribution in [3.8, 4) is 22.6 Å². The van der Waals surface area contributed by atoms with Crippen molar-refractivity contribution in [1.82, 2.24) is 0 Å². The minimum absolute atomic E-state index is 0.105. The summed E-state index contributed by atoms with van der Waals surface area (Å²) in [6.45, 7) is 14.1. The van der Waals surface area contributed by atoms with Crippen molar-refractivity contribution < 1.29 is 32.2 Å². The highest BCUT2D eigenvalue weighted by molar-refractivity contribution is 6.60. The number of ether oxygens (including phenoxy) is 4. The van der Waals surface area contributed by atoms with Gasteiger partial charge in [-0.25, -0.2) is 0 Å². The molecule has 43 heavy (non-hydrogen) atoms. The lowest BCUT2D eigenvalue weighted by Gasteiger charge is -2.40. The van der Waals surface area contributed by atoms with E-state index in [1.807, 2.05) is 57.2 Å². The molecule has 0 unspecified atom stereocenters. The summed E-state index contributed by atoms with van der Waals surface area (Å²) >= 11 is 13.1. The highest BCUT2D eigenvalue weighted by Crippen LogP contribution is 2.37. The molecule has 0 aromatic heterocycles. The van der Waals surface area contributed by atoms with Crippen molar-refractivity contribution in [2.45, 2.75) is 72.3 Å². The Hall–Kier alpha value is -1.36. The summed E-state index contributed by atoms with van der Waals surface area (Å²) in [6.07, 6.45) is 6.07. The fourth-order valence-electron chi connectivity index (χ4n) is 4.94. The summed E-state index contributed by atoms with van der Waals surface area (Å²) < 4.78 is 40.9. The van der Waals surface area contributed by atoms with Gasteiger partial charge >= 0.3 is 8.80 Å². The smallest absolute Gasteiger partial charge is 0.492 e. The predicted molar refractivity (Wildman–Crippen MR) is 176 cm³/mol. The Bertz CT molecular complexity index is 1060. The Balaban J connectivity index is 1.30. The van der Waals surface area contributed by atoms with E-state index < -0.39 is 8.80 Å². The van der Waals surface area contributed by atoms with Crippen LogP contribution in [0.5, 0.6) is 11.5 Å². The van der Waals surface area contributed by atoms with Crippen LogP contribution in [0, 0.1) is 5.41 Å². The van der Waals surface area contributed by atoms with Gasteiger partial charge in [-0.2, -0.15) is 0 Å². The topological polar surface area (TPSA) is 64.6 Å². The standard InChI is InChI=1S/C33H50Cl2O7Si/c1-5-33(24-37-25-33)26-39-32-17-15-28(23-30(32)35)27-14-16-31(29(34)22-27)38-20-12-10-9-11-18-36-19-13-21-43(40-6-2,41-7-3)42-8-4/h14-17,22-23H,5-13,18-21,24-26H2,1-4H3. The predicted octanol–water partition coefficient (Wildman–Crippen LogP) is 8.86. The van der Waals surface area contributed by atoms with Crippen LogP contribution in [0.15, 0.2) is 36.4 Å². The van der Waals surface area contributed by atoms with Crippen molar-refractivity contribution >= 4 is 32.0 Å². The SMILES string of the molecule is CCO[Si](CCCOCCCCCCOc1ccc(-c2ccc(OCC3(CC)COC3)c(Cl)c2)cc1Cl)(OCC)OCC. The van der Waals surface area contributed by atoms with Crippen molar-refractivity contribution in [1.29, 1.82) is 0 Å². The first-order valence-corrected chi connectivity index (χ1v) is 18.5. The van der Waals surface area contributed by atoms with E-state index in [0.717, 1.165) is 75.5 Å². The van der Waals surface area contributed by atoms with E-state index in [1.54, 1.807) is 0 Å². The molecule has 10 heteroatoms. The molecular weight excluding hydrogens is 607 g/mol. The van der Waals surface area contributed by atoms with E-state index in [-0.39, 0.29) is 5.41 Å². The second kappa shape index (κ2) is 19.2. The van der Waals surface area contributed by atoms with Gasteiger partial charge < -0.3 is 32.2 Å². The number of rotatable bonds is 23. The number of benzene rings is 2. The largest absolute Gasteiger partial charge is 0.501 e. The van der Waals surface area contributed by atoms with Gasteiger partial charge in [0.2, 0.25) is 0 Å². The van der Waals surface area contributed by atoms with Crippen molar-refractivity contribution in [3.05, 3.63) is 46.4 Å². The molecule has 2 aromatic rings. The molecule has 0 spiro atoms. The minimum Gasteiger partial charge on any atom is -0.492 e. The van der Waals surface area contributed by atoms with Crippen LogP contribution in [0.25, 0.3) is 11.1 Å². The first kappa shape index (κ1) is 36.1. The lowest BCUT2D eigenvalue weighted by molar-refractivity contribution is -0.133. The van der Waals surface area contributed by atoms with Crippen molar-refractivity contribution in [2.24, 2.45) is 5.41 Å². The number of halogens is 2. The van der Waals surface area contributed by atoms with Gasteiger partial charge in [-0.1, -0.05) is 48.7 Å². The zero-order valence-electron chi connectivity index (χ0n) is 26.4. The van der Waals surface area contributed by atoms with Crippen molar-refractivity contribution in [3.63, 3.8) is 0 Å². The minimum atomic E-state index is -2.57. The monoisotopic (exact) mass is 656 g/mol. The van der Waals surface area contributed by atoms with E-state index in [1.165, 1.54) is 0 Å². The molecule has 0 aliphatic carbocycles. The van der Waals surface area contributed by atoms with E-state index in [4.69, 9.17) is 55.4 Å². The fraction of sp³-hybridized carbons (Fsp3) is 0.636. The molecule has 0 radical (unpaired) electrons. The fourth-order valence-corrected chi connectivity index (χ4v) is 7.99. The molecule has 1 aliphatic heterocycles. The first-order chi connectivity index (χ1) is 20.9. The highest BCUT2D eigenvalue weighted by Gasteiger charge is 2.39. The summed E-state index contributed by atoms with van der Waals surface area (Å²) in [4.78, 5) is 0. The number of hydrogen-bond donors (Lipinski definition) is 0. The molecule has 0 atom stereocenters. The third kappa shape index (κ3) is 11.5. The quantitative estimate of drug-likeness (QED) is 0.0874. The lowest BCUT2D eigenvalue weighted by atomic mass is 9.84. The van der Waals surface area contributed by atoms with Crippen LogP contribution in [-0.2, 0) is 22.8 Å². The zero-order chi connectivity index (χ0) is 31.0. The molecule has 0 N–H and O–H groups in total. The third-order valence-corrected chi connectivity index (χ3v) is 11.3. The average Bonchev–Trinajstić information content (AvgIpc) is 2.97. The Morgan fingerprint density at radius 1 is 0.698 bits per heavy atom. The van der Waals surface area contributed by atoms with Crippen LogP contribution < -0.4 is 9.47 Å². The van der Waals surface area contributed by atoms with Gasteiger partial charge in [0.1, 0.15) is 11.5 Å². The Morgan fingerprint density at radius 3 is 1.72 bits per heavy atom. The van der Waals surface area contributed by atoms with Crippen molar-refractivity contribution in [2.75, 3.05) is 59.5 Å². The van der Waals surface area contributed by atoms with E-state index >= 15 is 0 Å². The molecule has 1 saturated heterocycles. The Labute approximate surface area is 269 Å². The molecule has 0 amide bonds. The maximum atomic E-state index is 6.56. The van der Waals surface area contributed by atoms with Crippen LogP contribution in [0.3, 0.4) is 0 Å². The van der Waals surface area contributed by atoms with E-state index in [9.17, 15) is 0 Å². The van der Waals surface area contributed by atoms with Gasteiger partial charge in [0, 0.05) is 39.1 Å². The van der Waals surface area contributed by atoms with Crippen LogP contribution in [0.1, 0.15) is 66.2 Å². The van der Waals surface area contributed by atoms with Crippen LogP contribution in [0.4, 0.5) is 0 Å². The molecule has 0 bridgehead atoms. The lowest BCUT2D eigenvalue weighted by Crippen LogP contribution is -2.46. The molecule has 1 aliphatic rings. The Kier molecular flexibility index (Phi) is 16.1. The van der Waals surface area contributed by atoms with Gasteiger partial charge in [0.25, 0.3) is 0 Å². The Morgan fingerprint density at radius 2 is 1.23 bits per heavy atom. The van der Waals surface area contributed by atoms with Gasteiger partial charge in [0.05, 0.1) is 41.9 Å². The second-order valence-electron chi connectivity index (χ2n) is 10.9. The zero-order valence-corrected chi connectivity index (χ0v) is 28.9. The molecule has 2 aromatic carbocycles. The van der Waals surface area contributed by atoms with Crippen LogP contribution >= 0.6 is 23.2 Å². The van der Waals surface area contributed by atoms with Gasteiger partial charge in [-0.05, 0) is 88.3 Å². The van der Waals surface area contributed by atoms with Gasteiger partial charge in [-0.3, -0.25) is 0 Å². The molecule has 0 saturated carbocycles. The van der Waals surface area contributed by atoms with E-state index in [0.29, 0.717) is 61.2 Å². The average molecular weight is 658 g/mol. The highest BCUT2D eigenvalue weighted by atomic mass is 35.5. The molecule has 242 valence electrons. The number of unbranched alkanes of at least 4 members (excludes halogenated alkanes) is 3.